The maximum Gasteiger partial charge on any atom is 0.411 e. The molecule has 5 heteroatoms. The van der Waals surface area contributed by atoms with Crippen molar-refractivity contribution in [2.45, 2.75) is 39.4 Å². The standard InChI is InChI=1S/C15H22F3NO/c1-10-7-11(2)14(12(3)8-10)13(19-4)5-6-20-9-15(16,17)18/h7-8,13,19H,5-6,9H2,1-4H3. The molecule has 0 bridgehead atoms. The zero-order chi connectivity index (χ0) is 15.3. The van der Waals surface area contributed by atoms with Crippen LogP contribution in [0.4, 0.5) is 13.2 Å². The fourth-order valence-corrected chi connectivity index (χ4v) is 2.56. The van der Waals surface area contributed by atoms with Crippen LogP contribution in [0.2, 0.25) is 0 Å². The molecule has 20 heavy (non-hydrogen) atoms. The summed E-state index contributed by atoms with van der Waals surface area (Å²) in [5, 5.41) is 3.16. The Morgan fingerprint density at radius 1 is 1.15 bits per heavy atom. The lowest BCUT2D eigenvalue weighted by Gasteiger charge is -2.22. The van der Waals surface area contributed by atoms with E-state index in [1.165, 1.54) is 5.56 Å². The van der Waals surface area contributed by atoms with Crippen LogP contribution in [-0.2, 0) is 4.74 Å². The predicted octanol–water partition coefficient (Wildman–Crippen LogP) is 3.84. The van der Waals surface area contributed by atoms with Gasteiger partial charge in [-0.25, -0.2) is 0 Å². The highest BCUT2D eigenvalue weighted by molar-refractivity contribution is 5.39. The van der Waals surface area contributed by atoms with Crippen LogP contribution in [0.15, 0.2) is 12.1 Å². The highest BCUT2D eigenvalue weighted by Crippen LogP contribution is 2.26. The number of aryl methyl sites for hydroxylation is 3. The van der Waals surface area contributed by atoms with Gasteiger partial charge in [0.2, 0.25) is 0 Å². The molecule has 0 heterocycles. The number of hydrogen-bond donors (Lipinski definition) is 1. The van der Waals surface area contributed by atoms with Gasteiger partial charge in [-0.2, -0.15) is 13.2 Å². The van der Waals surface area contributed by atoms with Crippen LogP contribution in [-0.4, -0.2) is 26.4 Å². The van der Waals surface area contributed by atoms with Gasteiger partial charge in [0.05, 0.1) is 0 Å². The summed E-state index contributed by atoms with van der Waals surface area (Å²) in [6.07, 6.45) is -3.75. The molecule has 0 fully saturated rings. The minimum Gasteiger partial charge on any atom is -0.372 e. The van der Waals surface area contributed by atoms with Crippen molar-refractivity contribution < 1.29 is 17.9 Å². The van der Waals surface area contributed by atoms with Gasteiger partial charge in [0.25, 0.3) is 0 Å². The molecule has 2 nitrogen and oxygen atoms in total. The molecule has 1 atom stereocenters. The molecule has 0 aliphatic carbocycles. The summed E-state index contributed by atoms with van der Waals surface area (Å²) in [5.74, 6) is 0. The van der Waals surface area contributed by atoms with Gasteiger partial charge in [-0.1, -0.05) is 17.7 Å². The zero-order valence-corrected chi connectivity index (χ0v) is 12.4. The van der Waals surface area contributed by atoms with Crippen LogP contribution in [0.5, 0.6) is 0 Å². The minimum atomic E-state index is -4.26. The average molecular weight is 289 g/mol. The van der Waals surface area contributed by atoms with E-state index in [0.717, 1.165) is 16.7 Å². The highest BCUT2D eigenvalue weighted by atomic mass is 19.4. The van der Waals surface area contributed by atoms with Gasteiger partial charge >= 0.3 is 6.18 Å². The third-order valence-corrected chi connectivity index (χ3v) is 3.25. The molecule has 1 rings (SSSR count). The largest absolute Gasteiger partial charge is 0.411 e. The molecule has 1 aromatic rings. The first-order valence-corrected chi connectivity index (χ1v) is 6.64. The van der Waals surface area contributed by atoms with Crippen LogP contribution in [0.3, 0.4) is 0 Å². The predicted molar refractivity (Wildman–Crippen MR) is 73.9 cm³/mol. The molecule has 0 saturated carbocycles. The first-order valence-electron chi connectivity index (χ1n) is 6.64. The fraction of sp³-hybridized carbons (Fsp3) is 0.600. The number of hydrogen-bond acceptors (Lipinski definition) is 2. The molecule has 0 aliphatic rings. The normalized spacial score (nSPS) is 13.6. The van der Waals surface area contributed by atoms with E-state index >= 15 is 0 Å². The number of ether oxygens (including phenoxy) is 1. The SMILES string of the molecule is CNC(CCOCC(F)(F)F)c1c(C)cc(C)cc1C. The molecule has 0 spiro atoms. The van der Waals surface area contributed by atoms with Crippen molar-refractivity contribution in [1.82, 2.24) is 5.32 Å². The van der Waals surface area contributed by atoms with Gasteiger partial charge in [0, 0.05) is 12.6 Å². The maximum absolute atomic E-state index is 12.0. The smallest absolute Gasteiger partial charge is 0.372 e. The molecule has 0 amide bonds. The van der Waals surface area contributed by atoms with Crippen LogP contribution in [0.25, 0.3) is 0 Å². The minimum absolute atomic E-state index is 0.00355. The van der Waals surface area contributed by atoms with Gasteiger partial charge in [-0.15, -0.1) is 0 Å². The molecular weight excluding hydrogens is 267 g/mol. The van der Waals surface area contributed by atoms with Gasteiger partial charge in [-0.05, 0) is 50.9 Å². The third kappa shape index (κ3) is 5.13. The first kappa shape index (κ1) is 17.0. The Labute approximate surface area is 118 Å². The van der Waals surface area contributed by atoms with Gasteiger partial charge in [-0.3, -0.25) is 0 Å². The lowest BCUT2D eigenvalue weighted by Crippen LogP contribution is -2.23. The number of halogens is 3. The van der Waals surface area contributed by atoms with E-state index in [1.54, 1.807) is 0 Å². The lowest BCUT2D eigenvalue weighted by atomic mass is 9.92. The fourth-order valence-electron chi connectivity index (χ4n) is 2.56. The highest BCUT2D eigenvalue weighted by Gasteiger charge is 2.27. The Hall–Kier alpha value is -1.07. The third-order valence-electron chi connectivity index (χ3n) is 3.25. The molecule has 1 unspecified atom stereocenters. The van der Waals surface area contributed by atoms with Crippen molar-refractivity contribution in [3.63, 3.8) is 0 Å². The summed E-state index contributed by atoms with van der Waals surface area (Å²) in [7, 11) is 1.81. The molecule has 0 saturated heterocycles. The molecule has 1 aromatic carbocycles. The van der Waals surface area contributed by atoms with Crippen LogP contribution in [0, 0.1) is 20.8 Å². The summed E-state index contributed by atoms with van der Waals surface area (Å²) in [6.45, 7) is 4.98. The number of benzene rings is 1. The molecule has 0 aliphatic heterocycles. The van der Waals surface area contributed by atoms with E-state index in [-0.39, 0.29) is 12.6 Å². The van der Waals surface area contributed by atoms with Crippen molar-refractivity contribution in [2.24, 2.45) is 0 Å². The Morgan fingerprint density at radius 2 is 1.70 bits per heavy atom. The van der Waals surface area contributed by atoms with E-state index in [4.69, 9.17) is 4.74 Å². The molecule has 1 N–H and O–H groups in total. The number of nitrogens with one attached hydrogen (secondary N) is 1. The summed E-state index contributed by atoms with van der Waals surface area (Å²) < 4.78 is 40.7. The van der Waals surface area contributed by atoms with Gasteiger partial charge in [0.1, 0.15) is 6.61 Å². The van der Waals surface area contributed by atoms with Gasteiger partial charge in [0.15, 0.2) is 0 Å². The summed E-state index contributed by atoms with van der Waals surface area (Å²) >= 11 is 0. The van der Waals surface area contributed by atoms with E-state index in [0.29, 0.717) is 6.42 Å². The van der Waals surface area contributed by atoms with E-state index in [2.05, 4.69) is 17.4 Å². The second-order valence-corrected chi connectivity index (χ2v) is 5.11. The monoisotopic (exact) mass is 289 g/mol. The van der Waals surface area contributed by atoms with Crippen molar-refractivity contribution in [3.8, 4) is 0 Å². The van der Waals surface area contributed by atoms with E-state index in [1.807, 2.05) is 27.8 Å². The Bertz CT molecular complexity index is 420. The average Bonchev–Trinajstić information content (AvgIpc) is 2.29. The second kappa shape index (κ2) is 7.09. The second-order valence-electron chi connectivity index (χ2n) is 5.11. The first-order chi connectivity index (χ1) is 9.24. The van der Waals surface area contributed by atoms with Gasteiger partial charge < -0.3 is 10.1 Å². The van der Waals surface area contributed by atoms with Crippen molar-refractivity contribution >= 4 is 0 Å². The molecule has 0 aromatic heterocycles. The number of rotatable bonds is 6. The summed E-state index contributed by atoms with van der Waals surface area (Å²) in [6, 6.07) is 4.18. The summed E-state index contributed by atoms with van der Waals surface area (Å²) in [4.78, 5) is 0. The topological polar surface area (TPSA) is 21.3 Å². The van der Waals surface area contributed by atoms with E-state index in [9.17, 15) is 13.2 Å². The Kier molecular flexibility index (Phi) is 6.02. The van der Waals surface area contributed by atoms with Crippen molar-refractivity contribution in [1.29, 1.82) is 0 Å². The van der Waals surface area contributed by atoms with Crippen LogP contribution in [0.1, 0.15) is 34.7 Å². The van der Waals surface area contributed by atoms with Crippen LogP contribution < -0.4 is 5.32 Å². The summed E-state index contributed by atoms with van der Waals surface area (Å²) in [5.41, 5.74) is 4.64. The van der Waals surface area contributed by atoms with Crippen LogP contribution >= 0.6 is 0 Å². The Morgan fingerprint density at radius 3 is 2.15 bits per heavy atom. The Balaban J connectivity index is 2.68. The van der Waals surface area contributed by atoms with Crippen molar-refractivity contribution in [3.05, 3.63) is 34.4 Å². The van der Waals surface area contributed by atoms with E-state index < -0.39 is 12.8 Å². The van der Waals surface area contributed by atoms with Crippen molar-refractivity contribution in [2.75, 3.05) is 20.3 Å². The number of alkyl halides is 3. The quantitative estimate of drug-likeness (QED) is 0.803. The maximum atomic E-state index is 12.0. The molecule has 0 radical (unpaired) electrons. The zero-order valence-electron chi connectivity index (χ0n) is 12.4. The molecule has 114 valence electrons. The molecular formula is C15H22F3NO. The lowest BCUT2D eigenvalue weighted by molar-refractivity contribution is -0.174.